The second kappa shape index (κ2) is 8.77. The van der Waals surface area contributed by atoms with Crippen molar-refractivity contribution in [3.05, 3.63) is 53.3 Å². The molecular weight excluding hydrogens is 406 g/mol. The highest BCUT2D eigenvalue weighted by molar-refractivity contribution is 7.97. The highest BCUT2D eigenvalue weighted by atomic mass is 32.2. The number of benzene rings is 2. The maximum absolute atomic E-state index is 12.4. The van der Waals surface area contributed by atoms with E-state index >= 15 is 0 Å². The third-order valence-electron chi connectivity index (χ3n) is 4.82. The molecule has 0 aliphatic rings. The molecule has 0 bridgehead atoms. The molecule has 0 amide bonds. The summed E-state index contributed by atoms with van der Waals surface area (Å²) in [5, 5.41) is 0. The number of hydrogen-bond acceptors (Lipinski definition) is 5. The van der Waals surface area contributed by atoms with Crippen LogP contribution in [-0.2, 0) is 28.1 Å². The Bertz CT molecular complexity index is 1120. The van der Waals surface area contributed by atoms with Gasteiger partial charge in [-0.25, -0.2) is 17.7 Å². The minimum absolute atomic E-state index is 0.263. The van der Waals surface area contributed by atoms with E-state index in [1.807, 2.05) is 18.2 Å². The Morgan fingerprint density at radius 1 is 1.14 bits per heavy atom. The fourth-order valence-corrected chi connectivity index (χ4v) is 5.14. The van der Waals surface area contributed by atoms with E-state index in [0.717, 1.165) is 40.7 Å². The first-order chi connectivity index (χ1) is 13.8. The number of fused-ring (bicyclic) bond motifs is 1. The number of imidazole rings is 1. The summed E-state index contributed by atoms with van der Waals surface area (Å²) in [6, 6.07) is 11.4. The fourth-order valence-electron chi connectivity index (χ4n) is 3.27. The Morgan fingerprint density at radius 3 is 2.55 bits per heavy atom. The molecule has 0 radical (unpaired) electrons. The van der Waals surface area contributed by atoms with Gasteiger partial charge in [-0.3, -0.25) is 0 Å². The van der Waals surface area contributed by atoms with E-state index in [9.17, 15) is 8.42 Å². The van der Waals surface area contributed by atoms with Crippen molar-refractivity contribution in [1.82, 2.24) is 13.9 Å². The minimum atomic E-state index is -3.48. The lowest BCUT2D eigenvalue weighted by molar-refractivity contribution is 0.411. The first-order valence-electron chi connectivity index (χ1n) is 9.41. The molecule has 0 saturated heterocycles. The molecule has 6 nitrogen and oxygen atoms in total. The van der Waals surface area contributed by atoms with E-state index in [4.69, 9.17) is 9.72 Å². The van der Waals surface area contributed by atoms with Crippen LogP contribution in [0.4, 0.5) is 0 Å². The van der Waals surface area contributed by atoms with Crippen molar-refractivity contribution in [2.24, 2.45) is 0 Å². The van der Waals surface area contributed by atoms with Crippen LogP contribution in [0.25, 0.3) is 11.0 Å². The van der Waals surface area contributed by atoms with Gasteiger partial charge in [0.15, 0.2) is 0 Å². The molecule has 1 aromatic heterocycles. The molecule has 0 atom stereocenters. The average Bonchev–Trinajstić information content (AvgIpc) is 3.04. The molecular formula is C21H27N3O3S2. The van der Waals surface area contributed by atoms with Crippen molar-refractivity contribution in [2.45, 2.75) is 36.8 Å². The van der Waals surface area contributed by atoms with E-state index in [0.29, 0.717) is 5.52 Å². The number of thioether (sulfide) groups is 1. The molecule has 29 heavy (non-hydrogen) atoms. The number of rotatable bonds is 8. The quantitative estimate of drug-likeness (QED) is 0.536. The van der Waals surface area contributed by atoms with Gasteiger partial charge in [0, 0.05) is 32.0 Å². The lowest BCUT2D eigenvalue weighted by atomic mass is 10.1. The number of ether oxygens (including phenoxy) is 1. The summed E-state index contributed by atoms with van der Waals surface area (Å²) < 4.78 is 33.7. The molecule has 0 aliphatic heterocycles. The zero-order chi connectivity index (χ0) is 21.2. The van der Waals surface area contributed by atoms with Crippen LogP contribution in [-0.4, -0.2) is 43.5 Å². The zero-order valence-corrected chi connectivity index (χ0v) is 19.1. The minimum Gasteiger partial charge on any atom is -0.496 e. The average molecular weight is 434 g/mol. The van der Waals surface area contributed by atoms with Crippen molar-refractivity contribution in [3.8, 4) is 5.75 Å². The van der Waals surface area contributed by atoms with Gasteiger partial charge in [0.2, 0.25) is 10.0 Å². The topological polar surface area (TPSA) is 64.4 Å². The van der Waals surface area contributed by atoms with E-state index in [2.05, 4.69) is 24.5 Å². The number of sulfonamides is 1. The summed E-state index contributed by atoms with van der Waals surface area (Å²) in [5.74, 6) is 3.39. The maximum Gasteiger partial charge on any atom is 0.242 e. The normalized spacial score (nSPS) is 12.1. The Morgan fingerprint density at radius 2 is 1.90 bits per heavy atom. The molecule has 0 fully saturated rings. The van der Waals surface area contributed by atoms with Gasteiger partial charge in [0.1, 0.15) is 11.6 Å². The summed E-state index contributed by atoms with van der Waals surface area (Å²) in [5.41, 5.74) is 4.03. The molecule has 0 spiro atoms. The smallest absolute Gasteiger partial charge is 0.242 e. The van der Waals surface area contributed by atoms with Crippen molar-refractivity contribution in [1.29, 1.82) is 0 Å². The van der Waals surface area contributed by atoms with Gasteiger partial charge in [0.25, 0.3) is 0 Å². The monoisotopic (exact) mass is 433 g/mol. The van der Waals surface area contributed by atoms with Gasteiger partial charge in [-0.05, 0) is 38.1 Å². The predicted octanol–water partition coefficient (Wildman–Crippen LogP) is 4.06. The summed E-state index contributed by atoms with van der Waals surface area (Å²) in [6.45, 7) is 4.92. The molecule has 0 aliphatic carbocycles. The summed E-state index contributed by atoms with van der Waals surface area (Å²) in [4.78, 5) is 5.00. The molecule has 0 saturated carbocycles. The maximum atomic E-state index is 12.4. The Kier molecular flexibility index (Phi) is 6.55. The number of hydrogen-bond donors (Lipinski definition) is 0. The molecule has 8 heteroatoms. The third kappa shape index (κ3) is 4.44. The van der Waals surface area contributed by atoms with Crippen molar-refractivity contribution in [2.75, 3.05) is 21.2 Å². The first kappa shape index (κ1) is 21.7. The van der Waals surface area contributed by atoms with Crippen LogP contribution in [0.2, 0.25) is 0 Å². The molecule has 3 rings (SSSR count). The number of aromatic nitrogens is 2. The SMILES string of the molecule is CCn1c(CSCc2cc(C)ccc2OC)nc2cc(S(=O)(=O)N(C)C)ccc21. The second-order valence-corrected chi connectivity index (χ2v) is 10.2. The zero-order valence-electron chi connectivity index (χ0n) is 17.5. The highest BCUT2D eigenvalue weighted by Gasteiger charge is 2.19. The van der Waals surface area contributed by atoms with Crippen molar-refractivity contribution >= 4 is 32.8 Å². The lowest BCUT2D eigenvalue weighted by Gasteiger charge is -2.11. The molecule has 0 N–H and O–H groups in total. The highest BCUT2D eigenvalue weighted by Crippen LogP contribution is 2.28. The number of methoxy groups -OCH3 is 1. The largest absolute Gasteiger partial charge is 0.496 e. The summed E-state index contributed by atoms with van der Waals surface area (Å²) in [7, 11) is 1.28. The number of aryl methyl sites for hydroxylation is 2. The van der Waals surface area contributed by atoms with Crippen LogP contribution < -0.4 is 4.74 Å². The van der Waals surface area contributed by atoms with Crippen LogP contribution in [0.5, 0.6) is 5.75 Å². The first-order valence-corrected chi connectivity index (χ1v) is 12.0. The molecule has 156 valence electrons. The summed E-state index contributed by atoms with van der Waals surface area (Å²) in [6.07, 6.45) is 0. The molecule has 3 aromatic rings. The Balaban J connectivity index is 1.85. The van der Waals surface area contributed by atoms with Crippen LogP contribution in [0.1, 0.15) is 23.9 Å². The van der Waals surface area contributed by atoms with E-state index in [1.54, 1.807) is 31.0 Å². The fraction of sp³-hybridized carbons (Fsp3) is 0.381. The van der Waals surface area contributed by atoms with Crippen molar-refractivity contribution < 1.29 is 13.2 Å². The summed E-state index contributed by atoms with van der Waals surface area (Å²) >= 11 is 1.77. The van der Waals surface area contributed by atoms with Crippen LogP contribution in [0.15, 0.2) is 41.3 Å². The van der Waals surface area contributed by atoms with Gasteiger partial charge < -0.3 is 9.30 Å². The van der Waals surface area contributed by atoms with Gasteiger partial charge in [-0.15, -0.1) is 11.8 Å². The van der Waals surface area contributed by atoms with Gasteiger partial charge in [-0.2, -0.15) is 0 Å². The Labute approximate surface area is 176 Å². The predicted molar refractivity (Wildman–Crippen MR) is 119 cm³/mol. The van der Waals surface area contributed by atoms with Crippen molar-refractivity contribution in [3.63, 3.8) is 0 Å². The van der Waals surface area contributed by atoms with Crippen LogP contribution in [0, 0.1) is 6.92 Å². The second-order valence-electron chi connectivity index (χ2n) is 7.02. The third-order valence-corrected chi connectivity index (χ3v) is 7.61. The number of nitrogens with zero attached hydrogens (tertiary/aromatic N) is 3. The van der Waals surface area contributed by atoms with E-state index in [1.165, 1.54) is 24.0 Å². The Hall–Kier alpha value is -2.03. The van der Waals surface area contributed by atoms with E-state index in [-0.39, 0.29) is 4.90 Å². The standard InChI is InChI=1S/C21H27N3O3S2/c1-6-24-19-9-8-17(29(25,26)23(3)4)12-18(19)22-21(24)14-28-13-16-11-15(2)7-10-20(16)27-5/h7-12H,6,13-14H2,1-5H3. The van der Waals surface area contributed by atoms with Crippen LogP contribution in [0.3, 0.4) is 0 Å². The molecule has 2 aromatic carbocycles. The van der Waals surface area contributed by atoms with Crippen LogP contribution >= 0.6 is 11.8 Å². The van der Waals surface area contributed by atoms with Gasteiger partial charge >= 0.3 is 0 Å². The molecule has 0 unspecified atom stereocenters. The lowest BCUT2D eigenvalue weighted by Crippen LogP contribution is -2.22. The van der Waals surface area contributed by atoms with Gasteiger partial charge in [0.05, 0.1) is 28.8 Å². The van der Waals surface area contributed by atoms with Gasteiger partial charge in [-0.1, -0.05) is 17.7 Å². The molecule has 1 heterocycles. The van der Waals surface area contributed by atoms with E-state index < -0.39 is 10.0 Å².